The van der Waals surface area contributed by atoms with E-state index in [2.05, 4.69) is 6.92 Å². The number of halogens is 1. The van der Waals surface area contributed by atoms with E-state index in [1.165, 1.54) is 11.8 Å². The highest BCUT2D eigenvalue weighted by atomic mass is 35.5. The number of benzene rings is 2. The predicted octanol–water partition coefficient (Wildman–Crippen LogP) is 4.62. The van der Waals surface area contributed by atoms with Crippen LogP contribution in [0.3, 0.4) is 0 Å². The summed E-state index contributed by atoms with van der Waals surface area (Å²) in [6, 6.07) is 11.2. The predicted molar refractivity (Wildman–Crippen MR) is 108 cm³/mol. The molecule has 0 atom stereocenters. The van der Waals surface area contributed by atoms with Crippen LogP contribution in [-0.2, 0) is 23.6 Å². The van der Waals surface area contributed by atoms with Crippen LogP contribution in [0.2, 0.25) is 5.02 Å². The first-order chi connectivity index (χ1) is 13.2. The number of hydrogen-bond donors (Lipinski definition) is 0. The minimum Gasteiger partial charge on any atom is -0.467 e. The molecule has 0 aliphatic carbocycles. The summed E-state index contributed by atoms with van der Waals surface area (Å²) >= 11 is 7.78. The van der Waals surface area contributed by atoms with Gasteiger partial charge in [-0.3, -0.25) is 9.36 Å². The molecule has 0 spiro atoms. The smallest absolute Gasteiger partial charge is 0.262 e. The summed E-state index contributed by atoms with van der Waals surface area (Å²) in [6.45, 7) is 3.41. The van der Waals surface area contributed by atoms with E-state index in [0.29, 0.717) is 34.5 Å². The Morgan fingerprint density at radius 2 is 2.15 bits per heavy atom. The van der Waals surface area contributed by atoms with Gasteiger partial charge >= 0.3 is 0 Å². The third-order valence-electron chi connectivity index (χ3n) is 4.38. The summed E-state index contributed by atoms with van der Waals surface area (Å²) in [4.78, 5) is 17.6. The maximum absolute atomic E-state index is 12.9. The average molecular weight is 403 g/mol. The van der Waals surface area contributed by atoms with Crippen molar-refractivity contribution in [2.24, 2.45) is 0 Å². The first kappa shape index (κ1) is 18.3. The number of aromatic nitrogens is 2. The molecule has 5 nitrogen and oxygen atoms in total. The molecule has 0 amide bonds. The van der Waals surface area contributed by atoms with Crippen molar-refractivity contribution in [2.45, 2.75) is 37.4 Å². The van der Waals surface area contributed by atoms with Crippen LogP contribution in [0.4, 0.5) is 0 Å². The standard InChI is InChI=1S/C20H19ClN2O3S/c1-2-7-23-19(24)16-5-3-4-6-17(16)22-20(23)27-11-14-9-15(21)8-13-10-25-12-26-18(13)14/h3-6,8-9H,2,7,10-12H2,1H3. The quantitative estimate of drug-likeness (QED) is 0.460. The van der Waals surface area contributed by atoms with Gasteiger partial charge in [0.1, 0.15) is 5.75 Å². The zero-order valence-corrected chi connectivity index (χ0v) is 16.5. The Morgan fingerprint density at radius 1 is 1.30 bits per heavy atom. The molecule has 2 aromatic carbocycles. The lowest BCUT2D eigenvalue weighted by Crippen LogP contribution is -2.23. The highest BCUT2D eigenvalue weighted by molar-refractivity contribution is 7.98. The highest BCUT2D eigenvalue weighted by Gasteiger charge is 2.18. The van der Waals surface area contributed by atoms with Crippen LogP contribution in [0.15, 0.2) is 46.3 Å². The molecule has 7 heteroatoms. The molecular weight excluding hydrogens is 384 g/mol. The zero-order chi connectivity index (χ0) is 18.8. The zero-order valence-electron chi connectivity index (χ0n) is 14.9. The van der Waals surface area contributed by atoms with Crippen LogP contribution >= 0.6 is 23.4 Å². The maximum atomic E-state index is 12.9. The van der Waals surface area contributed by atoms with Gasteiger partial charge in [-0.05, 0) is 30.7 Å². The van der Waals surface area contributed by atoms with Gasteiger partial charge < -0.3 is 9.47 Å². The fourth-order valence-corrected chi connectivity index (χ4v) is 4.44. The Morgan fingerprint density at radius 3 is 3.00 bits per heavy atom. The Hall–Kier alpha value is -2.02. The largest absolute Gasteiger partial charge is 0.467 e. The topological polar surface area (TPSA) is 53.4 Å². The van der Waals surface area contributed by atoms with E-state index in [1.807, 2.05) is 36.4 Å². The van der Waals surface area contributed by atoms with Crippen molar-refractivity contribution in [1.29, 1.82) is 0 Å². The van der Waals surface area contributed by atoms with Crippen molar-refractivity contribution in [3.8, 4) is 5.75 Å². The molecular formula is C20H19ClN2O3S. The van der Waals surface area contributed by atoms with E-state index < -0.39 is 0 Å². The number of nitrogens with zero attached hydrogens (tertiary/aromatic N) is 2. The molecule has 0 unspecified atom stereocenters. The number of thioether (sulfide) groups is 1. The summed E-state index contributed by atoms with van der Waals surface area (Å²) in [5.41, 5.74) is 2.65. The lowest BCUT2D eigenvalue weighted by Gasteiger charge is -2.21. The Kier molecular flexibility index (Phi) is 5.38. The highest BCUT2D eigenvalue weighted by Crippen LogP contribution is 2.35. The minimum absolute atomic E-state index is 0.00252. The van der Waals surface area contributed by atoms with E-state index in [4.69, 9.17) is 26.1 Å². The average Bonchev–Trinajstić information content (AvgIpc) is 2.68. The van der Waals surface area contributed by atoms with Gasteiger partial charge in [0.25, 0.3) is 5.56 Å². The van der Waals surface area contributed by atoms with Crippen molar-refractivity contribution in [3.63, 3.8) is 0 Å². The minimum atomic E-state index is 0.00252. The van der Waals surface area contributed by atoms with Crippen molar-refractivity contribution in [1.82, 2.24) is 9.55 Å². The van der Waals surface area contributed by atoms with E-state index in [9.17, 15) is 4.79 Å². The van der Waals surface area contributed by atoms with Crippen molar-refractivity contribution in [2.75, 3.05) is 6.79 Å². The van der Waals surface area contributed by atoms with Gasteiger partial charge in [-0.2, -0.15) is 0 Å². The van der Waals surface area contributed by atoms with Crippen LogP contribution in [0.25, 0.3) is 10.9 Å². The molecule has 1 aliphatic rings. The third-order valence-corrected chi connectivity index (χ3v) is 5.63. The van der Waals surface area contributed by atoms with Crippen LogP contribution in [0.1, 0.15) is 24.5 Å². The Bertz CT molecular complexity index is 1050. The number of para-hydroxylation sites is 1. The van der Waals surface area contributed by atoms with Gasteiger partial charge in [-0.25, -0.2) is 4.98 Å². The molecule has 3 aromatic rings. The number of fused-ring (bicyclic) bond motifs is 2. The molecule has 0 radical (unpaired) electrons. The number of rotatable bonds is 5. The summed E-state index contributed by atoms with van der Waals surface area (Å²) in [6.07, 6.45) is 0.862. The molecule has 0 bridgehead atoms. The second-order valence-electron chi connectivity index (χ2n) is 6.32. The van der Waals surface area contributed by atoms with E-state index in [1.54, 1.807) is 4.57 Å². The van der Waals surface area contributed by atoms with Crippen LogP contribution in [-0.4, -0.2) is 16.3 Å². The van der Waals surface area contributed by atoms with Crippen LogP contribution in [0, 0.1) is 0 Å². The lowest BCUT2D eigenvalue weighted by molar-refractivity contribution is -0.0168. The van der Waals surface area contributed by atoms with Gasteiger partial charge in [0, 0.05) is 28.4 Å². The molecule has 1 aromatic heterocycles. The number of ether oxygens (including phenoxy) is 2. The Balaban J connectivity index is 1.71. The second-order valence-corrected chi connectivity index (χ2v) is 7.70. The molecule has 0 N–H and O–H groups in total. The Labute approximate surface area is 166 Å². The summed E-state index contributed by atoms with van der Waals surface area (Å²) in [5, 5.41) is 2.01. The fraction of sp³-hybridized carbons (Fsp3) is 0.300. The molecule has 0 fully saturated rings. The van der Waals surface area contributed by atoms with Gasteiger partial charge in [-0.15, -0.1) is 0 Å². The van der Waals surface area contributed by atoms with Gasteiger partial charge in [0.2, 0.25) is 0 Å². The van der Waals surface area contributed by atoms with Crippen LogP contribution < -0.4 is 10.3 Å². The van der Waals surface area contributed by atoms with Crippen molar-refractivity contribution >= 4 is 34.3 Å². The molecule has 2 heterocycles. The molecule has 4 rings (SSSR count). The lowest BCUT2D eigenvalue weighted by atomic mass is 10.1. The molecule has 0 saturated carbocycles. The van der Waals surface area contributed by atoms with Crippen LogP contribution in [0.5, 0.6) is 5.75 Å². The first-order valence-corrected chi connectivity index (χ1v) is 10.2. The summed E-state index contributed by atoms with van der Waals surface area (Å²) in [5.74, 6) is 1.43. The van der Waals surface area contributed by atoms with Gasteiger partial charge in [-0.1, -0.05) is 42.4 Å². The first-order valence-electron chi connectivity index (χ1n) is 8.81. The van der Waals surface area contributed by atoms with Gasteiger partial charge in [0.15, 0.2) is 11.9 Å². The molecule has 0 saturated heterocycles. The SMILES string of the molecule is CCCn1c(SCc2cc(Cl)cc3c2OCOC3)nc2ccccc2c1=O. The van der Waals surface area contributed by atoms with Crippen molar-refractivity contribution in [3.05, 3.63) is 62.9 Å². The van der Waals surface area contributed by atoms with Crippen molar-refractivity contribution < 1.29 is 9.47 Å². The molecule has 140 valence electrons. The molecule has 27 heavy (non-hydrogen) atoms. The van der Waals surface area contributed by atoms with Gasteiger partial charge in [0.05, 0.1) is 17.5 Å². The van der Waals surface area contributed by atoms with E-state index in [-0.39, 0.29) is 12.4 Å². The monoisotopic (exact) mass is 402 g/mol. The summed E-state index contributed by atoms with van der Waals surface area (Å²) in [7, 11) is 0. The number of hydrogen-bond acceptors (Lipinski definition) is 5. The van der Waals surface area contributed by atoms with E-state index in [0.717, 1.165) is 28.8 Å². The normalized spacial score (nSPS) is 13.4. The van der Waals surface area contributed by atoms with E-state index >= 15 is 0 Å². The third kappa shape index (κ3) is 3.70. The second kappa shape index (κ2) is 7.92. The maximum Gasteiger partial charge on any atom is 0.262 e. The summed E-state index contributed by atoms with van der Waals surface area (Å²) < 4.78 is 12.8. The fourth-order valence-electron chi connectivity index (χ4n) is 3.18. The molecule has 1 aliphatic heterocycles.